The van der Waals surface area contributed by atoms with E-state index in [1.165, 1.54) is 11.9 Å². The van der Waals surface area contributed by atoms with Gasteiger partial charge in [-0.3, -0.25) is 5.10 Å². The highest BCUT2D eigenvalue weighted by molar-refractivity contribution is 5.84. The number of rotatable bonds is 3. The zero-order chi connectivity index (χ0) is 10.7. The van der Waals surface area contributed by atoms with Gasteiger partial charge in [0.15, 0.2) is 5.82 Å². The number of nitrogens with zero attached hydrogens (tertiary/aromatic N) is 3. The molecule has 0 aliphatic heterocycles. The zero-order valence-corrected chi connectivity index (χ0v) is 8.78. The maximum atomic E-state index is 4.15. The molecule has 0 spiro atoms. The number of hydrogen-bond donors (Lipinski definition) is 2. The van der Waals surface area contributed by atoms with E-state index in [9.17, 15) is 0 Å². The molecule has 0 radical (unpaired) electrons. The molecular weight excluding hydrogens is 190 g/mol. The fourth-order valence-corrected chi connectivity index (χ4v) is 1.25. The van der Waals surface area contributed by atoms with Gasteiger partial charge in [0, 0.05) is 6.54 Å². The van der Waals surface area contributed by atoms with Crippen molar-refractivity contribution in [2.75, 3.05) is 11.9 Å². The van der Waals surface area contributed by atoms with E-state index in [1.807, 2.05) is 0 Å². The molecule has 78 valence electrons. The van der Waals surface area contributed by atoms with E-state index in [-0.39, 0.29) is 0 Å². The highest BCUT2D eigenvalue weighted by Crippen LogP contribution is 2.14. The molecule has 0 aliphatic rings. The lowest BCUT2D eigenvalue weighted by atomic mass is 10.3. The van der Waals surface area contributed by atoms with E-state index in [0.29, 0.717) is 0 Å². The molecule has 2 aromatic heterocycles. The Morgan fingerprint density at radius 2 is 2.33 bits per heavy atom. The Bertz CT molecular complexity index is 481. The Kier molecular flexibility index (Phi) is 2.62. The van der Waals surface area contributed by atoms with Crippen LogP contribution in [-0.4, -0.2) is 26.7 Å². The number of nitrogens with one attached hydrogen (secondary N) is 2. The van der Waals surface area contributed by atoms with Crippen LogP contribution in [0, 0.1) is 0 Å². The smallest absolute Gasteiger partial charge is 0.155 e. The number of anilines is 1. The second kappa shape index (κ2) is 4.08. The first-order valence-corrected chi connectivity index (χ1v) is 4.78. The third-order valence-electron chi connectivity index (χ3n) is 2.02. The van der Waals surface area contributed by atoms with Gasteiger partial charge in [0.25, 0.3) is 0 Å². The summed E-state index contributed by atoms with van der Waals surface area (Å²) >= 11 is 0. The quantitative estimate of drug-likeness (QED) is 0.745. The second-order valence-electron chi connectivity index (χ2n) is 3.51. The molecule has 0 fully saturated rings. The lowest BCUT2D eigenvalue weighted by Crippen LogP contribution is -2.02. The van der Waals surface area contributed by atoms with Gasteiger partial charge in [0.1, 0.15) is 17.4 Å². The number of hydrogen-bond acceptors (Lipinski definition) is 4. The van der Waals surface area contributed by atoms with Gasteiger partial charge in [-0.2, -0.15) is 5.10 Å². The molecule has 0 amide bonds. The molecule has 0 saturated heterocycles. The van der Waals surface area contributed by atoms with Gasteiger partial charge < -0.3 is 5.32 Å². The van der Waals surface area contributed by atoms with Crippen LogP contribution in [0.25, 0.3) is 11.0 Å². The van der Waals surface area contributed by atoms with Crippen LogP contribution in [0.3, 0.4) is 0 Å². The van der Waals surface area contributed by atoms with E-state index >= 15 is 0 Å². The highest BCUT2D eigenvalue weighted by atomic mass is 15.1. The Morgan fingerprint density at radius 3 is 3.13 bits per heavy atom. The van der Waals surface area contributed by atoms with Crippen LogP contribution in [-0.2, 0) is 0 Å². The van der Waals surface area contributed by atoms with Crippen molar-refractivity contribution in [1.82, 2.24) is 20.2 Å². The van der Waals surface area contributed by atoms with Crippen LogP contribution in [0.1, 0.15) is 13.8 Å². The maximum Gasteiger partial charge on any atom is 0.155 e. The number of fused-ring (bicyclic) bond motifs is 1. The largest absolute Gasteiger partial charge is 0.365 e. The van der Waals surface area contributed by atoms with Gasteiger partial charge in [-0.25, -0.2) is 9.97 Å². The number of H-pyrrole nitrogens is 1. The molecule has 5 nitrogen and oxygen atoms in total. The summed E-state index contributed by atoms with van der Waals surface area (Å²) in [5.74, 6) is 0.787. The van der Waals surface area contributed by atoms with Gasteiger partial charge in [-0.05, 0) is 13.8 Å². The van der Waals surface area contributed by atoms with Gasteiger partial charge in [-0.1, -0.05) is 11.6 Å². The van der Waals surface area contributed by atoms with Crippen LogP contribution >= 0.6 is 0 Å². The maximum absolute atomic E-state index is 4.15. The van der Waals surface area contributed by atoms with E-state index in [1.54, 1.807) is 6.20 Å². The third-order valence-corrected chi connectivity index (χ3v) is 2.02. The minimum Gasteiger partial charge on any atom is -0.365 e. The van der Waals surface area contributed by atoms with Crippen molar-refractivity contribution < 1.29 is 0 Å². The molecule has 2 aromatic rings. The molecule has 2 heterocycles. The standard InChI is InChI=1S/C10H13N5/c1-7(2)3-4-11-10-9-8(5-14-15-9)12-6-13-10/h3,5-6H,4H2,1-2H3,(H,14,15)(H,11,12,13). The molecule has 0 saturated carbocycles. The number of allylic oxidation sites excluding steroid dienone is 1. The number of aromatic nitrogens is 4. The third kappa shape index (κ3) is 2.12. The van der Waals surface area contributed by atoms with Crippen LogP contribution in [0.15, 0.2) is 24.2 Å². The van der Waals surface area contributed by atoms with E-state index in [2.05, 4.69) is 45.4 Å². The lowest BCUT2D eigenvalue weighted by Gasteiger charge is -2.02. The molecule has 0 atom stereocenters. The van der Waals surface area contributed by atoms with Gasteiger partial charge in [0.2, 0.25) is 0 Å². The fourth-order valence-electron chi connectivity index (χ4n) is 1.25. The van der Waals surface area contributed by atoms with Crippen molar-refractivity contribution in [3.63, 3.8) is 0 Å². The summed E-state index contributed by atoms with van der Waals surface area (Å²) in [4.78, 5) is 8.24. The monoisotopic (exact) mass is 203 g/mol. The van der Waals surface area contributed by atoms with Crippen molar-refractivity contribution in [1.29, 1.82) is 0 Å². The van der Waals surface area contributed by atoms with Crippen molar-refractivity contribution in [2.24, 2.45) is 0 Å². The predicted molar refractivity (Wildman–Crippen MR) is 59.6 cm³/mol. The van der Waals surface area contributed by atoms with Crippen LogP contribution < -0.4 is 5.32 Å². The molecule has 0 unspecified atom stereocenters. The molecule has 0 bridgehead atoms. The molecule has 15 heavy (non-hydrogen) atoms. The van der Waals surface area contributed by atoms with Crippen LogP contribution in [0.4, 0.5) is 5.82 Å². The fraction of sp³-hybridized carbons (Fsp3) is 0.300. The summed E-state index contributed by atoms with van der Waals surface area (Å²) in [6.07, 6.45) is 5.32. The van der Waals surface area contributed by atoms with Crippen molar-refractivity contribution >= 4 is 16.9 Å². The SMILES string of the molecule is CC(C)=CCNc1ncnc2cn[nH]c12. The Hall–Kier alpha value is -1.91. The van der Waals surface area contributed by atoms with Crippen LogP contribution in [0.2, 0.25) is 0 Å². The second-order valence-corrected chi connectivity index (χ2v) is 3.51. The predicted octanol–water partition coefficient (Wildman–Crippen LogP) is 1.73. The van der Waals surface area contributed by atoms with Gasteiger partial charge in [0.05, 0.1) is 6.20 Å². The summed E-state index contributed by atoms with van der Waals surface area (Å²) in [7, 11) is 0. The normalized spacial score (nSPS) is 10.3. The summed E-state index contributed by atoms with van der Waals surface area (Å²) in [5.41, 5.74) is 2.95. The minimum atomic E-state index is 0.757. The molecule has 0 aromatic carbocycles. The summed E-state index contributed by atoms with van der Waals surface area (Å²) in [5, 5.41) is 10.00. The Morgan fingerprint density at radius 1 is 1.47 bits per heavy atom. The average molecular weight is 203 g/mol. The molecular formula is C10H13N5. The van der Waals surface area contributed by atoms with E-state index in [4.69, 9.17) is 0 Å². The molecule has 2 rings (SSSR count). The zero-order valence-electron chi connectivity index (χ0n) is 8.78. The summed E-state index contributed by atoms with van der Waals surface area (Å²) < 4.78 is 0. The average Bonchev–Trinajstić information content (AvgIpc) is 2.65. The first-order valence-electron chi connectivity index (χ1n) is 4.78. The van der Waals surface area contributed by atoms with Crippen molar-refractivity contribution in [3.05, 3.63) is 24.2 Å². The summed E-state index contributed by atoms with van der Waals surface area (Å²) in [6, 6.07) is 0. The highest BCUT2D eigenvalue weighted by Gasteiger charge is 2.02. The minimum absolute atomic E-state index is 0.757. The van der Waals surface area contributed by atoms with E-state index in [0.717, 1.165) is 23.4 Å². The molecule has 0 aliphatic carbocycles. The van der Waals surface area contributed by atoms with Crippen molar-refractivity contribution in [3.8, 4) is 0 Å². The number of aromatic amines is 1. The van der Waals surface area contributed by atoms with Gasteiger partial charge >= 0.3 is 0 Å². The topological polar surface area (TPSA) is 66.5 Å². The first-order chi connectivity index (χ1) is 7.27. The van der Waals surface area contributed by atoms with Gasteiger partial charge in [-0.15, -0.1) is 0 Å². The first kappa shape index (κ1) is 9.64. The molecule has 2 N–H and O–H groups in total. The Labute approximate surface area is 87.6 Å². The molecule has 5 heteroatoms. The summed E-state index contributed by atoms with van der Waals surface area (Å²) in [6.45, 7) is 4.88. The lowest BCUT2D eigenvalue weighted by molar-refractivity contribution is 1.11. The Balaban J connectivity index is 2.20. The van der Waals surface area contributed by atoms with Crippen molar-refractivity contribution in [2.45, 2.75) is 13.8 Å². The van der Waals surface area contributed by atoms with E-state index < -0.39 is 0 Å². The van der Waals surface area contributed by atoms with Crippen LogP contribution in [0.5, 0.6) is 0 Å².